The lowest BCUT2D eigenvalue weighted by Crippen LogP contribution is -2.44. The topological polar surface area (TPSA) is 88.0 Å². The quantitative estimate of drug-likeness (QED) is 0.383. The molecule has 33 heavy (non-hydrogen) atoms. The van der Waals surface area contributed by atoms with E-state index in [1.165, 1.54) is 0 Å². The molecule has 0 aliphatic carbocycles. The number of anilines is 1. The Balaban J connectivity index is 1.44. The van der Waals surface area contributed by atoms with E-state index in [9.17, 15) is 9.59 Å². The molecule has 0 bridgehead atoms. The Hall–Kier alpha value is -4.39. The molecule has 0 saturated heterocycles. The second-order valence-electron chi connectivity index (χ2n) is 7.66. The molecule has 0 aliphatic rings. The lowest BCUT2D eigenvalue weighted by atomic mass is 10.1. The minimum Gasteiger partial charge on any atom is -0.376 e. The summed E-state index contributed by atoms with van der Waals surface area (Å²) in [6, 6.07) is 27.1. The summed E-state index contributed by atoms with van der Waals surface area (Å²) in [5.74, 6) is -0.793. The Kier molecular flexibility index (Phi) is 6.80. The Morgan fingerprint density at radius 2 is 1.52 bits per heavy atom. The van der Waals surface area contributed by atoms with Gasteiger partial charge in [-0.15, -0.1) is 0 Å². The highest BCUT2D eigenvalue weighted by atomic mass is 16.2. The number of carbonyl (C=O) groups is 2. The normalized spacial score (nSPS) is 10.5. The predicted molar refractivity (Wildman–Crippen MR) is 128 cm³/mol. The molecule has 0 atom stereocenters. The van der Waals surface area contributed by atoms with Crippen molar-refractivity contribution in [3.05, 3.63) is 108 Å². The summed E-state index contributed by atoms with van der Waals surface area (Å²) in [7, 11) is 0. The molecule has 3 N–H and O–H groups in total. The van der Waals surface area contributed by atoms with Crippen LogP contribution in [-0.4, -0.2) is 28.1 Å². The van der Waals surface area contributed by atoms with E-state index in [1.807, 2.05) is 91.9 Å². The molecule has 1 aromatic heterocycles. The Morgan fingerprint density at radius 1 is 0.848 bits per heavy atom. The Morgan fingerprint density at radius 3 is 2.21 bits per heavy atom. The first-order chi connectivity index (χ1) is 16.1. The molecule has 0 aliphatic heterocycles. The van der Waals surface area contributed by atoms with E-state index in [0.29, 0.717) is 17.8 Å². The Labute approximate surface area is 192 Å². The standard InChI is InChI=1S/C26H25N5O2/c1-19-12-14-22(15-13-19)27-16-24(32)28-29-26(33)23-18-31(17-20-8-4-2-5-9-20)30-25(23)21-10-6-3-7-11-21/h2-15,18,27H,16-17H2,1H3,(H,28,32)(H,29,33). The van der Waals surface area contributed by atoms with Gasteiger partial charge in [0.25, 0.3) is 11.8 Å². The van der Waals surface area contributed by atoms with Crippen molar-refractivity contribution in [2.24, 2.45) is 0 Å². The monoisotopic (exact) mass is 439 g/mol. The molecule has 0 radical (unpaired) electrons. The summed E-state index contributed by atoms with van der Waals surface area (Å²) in [6.07, 6.45) is 1.70. The zero-order chi connectivity index (χ0) is 23.0. The molecule has 4 rings (SSSR count). The predicted octanol–water partition coefficient (Wildman–Crippen LogP) is 3.78. The van der Waals surface area contributed by atoms with Crippen molar-refractivity contribution < 1.29 is 9.59 Å². The molecule has 3 aromatic carbocycles. The number of hydrogen-bond donors (Lipinski definition) is 3. The van der Waals surface area contributed by atoms with Gasteiger partial charge in [0.1, 0.15) is 5.69 Å². The van der Waals surface area contributed by atoms with E-state index >= 15 is 0 Å². The van der Waals surface area contributed by atoms with Gasteiger partial charge >= 0.3 is 0 Å². The molecule has 0 spiro atoms. The van der Waals surface area contributed by atoms with Crippen molar-refractivity contribution >= 4 is 17.5 Å². The van der Waals surface area contributed by atoms with Crippen LogP contribution in [0.15, 0.2) is 91.1 Å². The van der Waals surface area contributed by atoms with E-state index in [2.05, 4.69) is 21.3 Å². The highest BCUT2D eigenvalue weighted by molar-refractivity contribution is 6.00. The molecule has 7 heteroatoms. The Bertz CT molecular complexity index is 1220. The minimum atomic E-state index is -0.433. The molecule has 166 valence electrons. The summed E-state index contributed by atoms with van der Waals surface area (Å²) < 4.78 is 1.73. The van der Waals surface area contributed by atoms with Gasteiger partial charge in [0, 0.05) is 17.4 Å². The first-order valence-corrected chi connectivity index (χ1v) is 10.6. The van der Waals surface area contributed by atoms with Gasteiger partial charge in [-0.3, -0.25) is 25.1 Å². The molecule has 0 fully saturated rings. The zero-order valence-corrected chi connectivity index (χ0v) is 18.3. The van der Waals surface area contributed by atoms with Crippen LogP contribution in [0, 0.1) is 6.92 Å². The largest absolute Gasteiger partial charge is 0.376 e. The highest BCUT2D eigenvalue weighted by Gasteiger charge is 2.18. The molecule has 2 amide bonds. The summed E-state index contributed by atoms with van der Waals surface area (Å²) >= 11 is 0. The average molecular weight is 440 g/mol. The molecular weight excluding hydrogens is 414 g/mol. The third-order valence-electron chi connectivity index (χ3n) is 5.06. The van der Waals surface area contributed by atoms with Crippen LogP contribution in [-0.2, 0) is 11.3 Å². The van der Waals surface area contributed by atoms with Crippen LogP contribution in [0.1, 0.15) is 21.5 Å². The highest BCUT2D eigenvalue weighted by Crippen LogP contribution is 2.22. The van der Waals surface area contributed by atoms with Gasteiger partial charge in [0.05, 0.1) is 18.7 Å². The van der Waals surface area contributed by atoms with Crippen LogP contribution in [0.5, 0.6) is 0 Å². The van der Waals surface area contributed by atoms with Gasteiger partial charge in [-0.1, -0.05) is 78.4 Å². The second-order valence-corrected chi connectivity index (χ2v) is 7.66. The number of aryl methyl sites for hydroxylation is 1. The fourth-order valence-corrected chi connectivity index (χ4v) is 3.34. The van der Waals surface area contributed by atoms with Crippen LogP contribution < -0.4 is 16.2 Å². The number of nitrogens with one attached hydrogen (secondary N) is 3. The number of carbonyl (C=O) groups excluding carboxylic acids is 2. The van der Waals surface area contributed by atoms with E-state index in [0.717, 1.165) is 22.4 Å². The third-order valence-corrected chi connectivity index (χ3v) is 5.06. The van der Waals surface area contributed by atoms with Gasteiger partial charge < -0.3 is 5.32 Å². The lowest BCUT2D eigenvalue weighted by Gasteiger charge is -2.09. The number of nitrogens with zero attached hydrogens (tertiary/aromatic N) is 2. The maximum atomic E-state index is 12.9. The van der Waals surface area contributed by atoms with Crippen LogP contribution in [0.25, 0.3) is 11.3 Å². The summed E-state index contributed by atoms with van der Waals surface area (Å²) in [5, 5.41) is 7.66. The van der Waals surface area contributed by atoms with Gasteiger partial charge in [0.2, 0.25) is 0 Å². The number of rotatable bonds is 7. The van der Waals surface area contributed by atoms with Crippen LogP contribution >= 0.6 is 0 Å². The number of benzene rings is 3. The van der Waals surface area contributed by atoms with Gasteiger partial charge in [-0.25, -0.2) is 0 Å². The van der Waals surface area contributed by atoms with E-state index in [-0.39, 0.29) is 12.5 Å². The lowest BCUT2D eigenvalue weighted by molar-refractivity contribution is -0.120. The number of hydrazine groups is 1. The van der Waals surface area contributed by atoms with Crippen molar-refractivity contribution in [1.82, 2.24) is 20.6 Å². The first-order valence-electron chi connectivity index (χ1n) is 10.6. The minimum absolute atomic E-state index is 0.0299. The van der Waals surface area contributed by atoms with Gasteiger partial charge in [-0.05, 0) is 24.6 Å². The van der Waals surface area contributed by atoms with Gasteiger partial charge in [-0.2, -0.15) is 5.10 Å². The third kappa shape index (κ3) is 5.86. The summed E-state index contributed by atoms with van der Waals surface area (Å²) in [6.45, 7) is 2.56. The molecule has 0 unspecified atom stereocenters. The molecule has 0 saturated carbocycles. The molecule has 1 heterocycles. The SMILES string of the molecule is Cc1ccc(NCC(=O)NNC(=O)c2cn(Cc3ccccc3)nc2-c2ccccc2)cc1. The van der Waals surface area contributed by atoms with Crippen molar-refractivity contribution in [2.75, 3.05) is 11.9 Å². The average Bonchev–Trinajstić information content (AvgIpc) is 3.27. The van der Waals surface area contributed by atoms with E-state index in [1.54, 1.807) is 10.9 Å². The number of amides is 2. The first kappa shape index (κ1) is 21.8. The van der Waals surface area contributed by atoms with Crippen molar-refractivity contribution in [2.45, 2.75) is 13.5 Å². The second kappa shape index (κ2) is 10.3. The molecular formula is C26H25N5O2. The maximum absolute atomic E-state index is 12.9. The molecule has 4 aromatic rings. The number of aromatic nitrogens is 2. The van der Waals surface area contributed by atoms with Crippen LogP contribution in [0.4, 0.5) is 5.69 Å². The van der Waals surface area contributed by atoms with E-state index in [4.69, 9.17) is 0 Å². The van der Waals surface area contributed by atoms with Gasteiger partial charge in [0.15, 0.2) is 0 Å². The van der Waals surface area contributed by atoms with Crippen LogP contribution in [0.2, 0.25) is 0 Å². The zero-order valence-electron chi connectivity index (χ0n) is 18.3. The van der Waals surface area contributed by atoms with Crippen molar-refractivity contribution in [3.8, 4) is 11.3 Å². The number of hydrogen-bond acceptors (Lipinski definition) is 4. The molecule has 7 nitrogen and oxygen atoms in total. The fraction of sp³-hybridized carbons (Fsp3) is 0.115. The maximum Gasteiger partial charge on any atom is 0.273 e. The summed E-state index contributed by atoms with van der Waals surface area (Å²) in [5.41, 5.74) is 9.75. The van der Waals surface area contributed by atoms with Crippen LogP contribution in [0.3, 0.4) is 0 Å². The van der Waals surface area contributed by atoms with Crippen molar-refractivity contribution in [1.29, 1.82) is 0 Å². The van der Waals surface area contributed by atoms with E-state index < -0.39 is 5.91 Å². The smallest absolute Gasteiger partial charge is 0.273 e. The fourth-order valence-electron chi connectivity index (χ4n) is 3.34. The summed E-state index contributed by atoms with van der Waals surface area (Å²) in [4.78, 5) is 25.1. The van der Waals surface area contributed by atoms with Crippen molar-refractivity contribution in [3.63, 3.8) is 0 Å².